The SMILES string of the molecule is Cc1cc(CCCCCCN2CCN(CCc3cc(CCCCCN4CCN(C)CC4)no3)CC2)no1. The number of hydrogen-bond donors (Lipinski definition) is 0. The van der Waals surface area contributed by atoms with Crippen LogP contribution in [0.1, 0.15) is 67.9 Å². The lowest BCUT2D eigenvalue weighted by Gasteiger charge is -2.34. The van der Waals surface area contributed by atoms with Gasteiger partial charge in [0.1, 0.15) is 11.5 Å². The van der Waals surface area contributed by atoms with Crippen molar-refractivity contribution in [3.63, 3.8) is 0 Å². The fraction of sp³-hybridized carbons (Fsp3) is 0.793. The van der Waals surface area contributed by atoms with Crippen LogP contribution in [0.3, 0.4) is 0 Å². The van der Waals surface area contributed by atoms with E-state index in [1.54, 1.807) is 0 Å². The molecule has 4 heterocycles. The molecule has 2 aliphatic heterocycles. The molecule has 0 aliphatic carbocycles. The largest absolute Gasteiger partial charge is 0.361 e. The summed E-state index contributed by atoms with van der Waals surface area (Å²) >= 11 is 0. The van der Waals surface area contributed by atoms with Crippen LogP contribution in [0, 0.1) is 6.92 Å². The van der Waals surface area contributed by atoms with Gasteiger partial charge in [0, 0.05) is 77.5 Å². The maximum Gasteiger partial charge on any atom is 0.138 e. The first-order valence-electron chi connectivity index (χ1n) is 14.9. The van der Waals surface area contributed by atoms with Crippen LogP contribution in [-0.4, -0.2) is 109 Å². The lowest BCUT2D eigenvalue weighted by Crippen LogP contribution is -2.47. The molecule has 2 fully saturated rings. The molecule has 0 aromatic carbocycles. The lowest BCUT2D eigenvalue weighted by atomic mass is 10.1. The van der Waals surface area contributed by atoms with Crippen LogP contribution in [0.5, 0.6) is 0 Å². The molecule has 2 aromatic rings. The maximum atomic E-state index is 5.64. The third-order valence-corrected chi connectivity index (χ3v) is 8.08. The highest BCUT2D eigenvalue weighted by molar-refractivity contribution is 5.06. The van der Waals surface area contributed by atoms with Crippen molar-refractivity contribution >= 4 is 0 Å². The fourth-order valence-electron chi connectivity index (χ4n) is 5.52. The van der Waals surface area contributed by atoms with Crippen molar-refractivity contribution in [1.29, 1.82) is 0 Å². The quantitative estimate of drug-likeness (QED) is 0.313. The summed E-state index contributed by atoms with van der Waals surface area (Å²) in [5.74, 6) is 1.97. The van der Waals surface area contributed by atoms with E-state index in [1.165, 1.54) is 110 Å². The van der Waals surface area contributed by atoms with Crippen molar-refractivity contribution in [2.45, 2.75) is 71.1 Å². The summed E-state index contributed by atoms with van der Waals surface area (Å²) in [6.45, 7) is 15.1. The second-order valence-corrected chi connectivity index (χ2v) is 11.3. The second-order valence-electron chi connectivity index (χ2n) is 11.3. The number of likely N-dealkylation sites (N-methyl/N-ethyl adjacent to an activating group) is 1. The Balaban J connectivity index is 0.978. The van der Waals surface area contributed by atoms with Crippen LogP contribution in [0.25, 0.3) is 0 Å². The van der Waals surface area contributed by atoms with E-state index in [9.17, 15) is 0 Å². The Hall–Kier alpha value is -1.74. The zero-order chi connectivity index (χ0) is 25.7. The van der Waals surface area contributed by atoms with Gasteiger partial charge in [-0.15, -0.1) is 0 Å². The van der Waals surface area contributed by atoms with E-state index in [-0.39, 0.29) is 0 Å². The van der Waals surface area contributed by atoms with Gasteiger partial charge in [-0.1, -0.05) is 29.6 Å². The fourth-order valence-corrected chi connectivity index (χ4v) is 5.52. The van der Waals surface area contributed by atoms with Gasteiger partial charge in [0.25, 0.3) is 0 Å². The monoisotopic (exact) mass is 514 g/mol. The maximum absolute atomic E-state index is 5.64. The minimum atomic E-state index is 0.915. The molecule has 0 bridgehead atoms. The first-order valence-corrected chi connectivity index (χ1v) is 14.9. The standard InChI is InChI=1S/C29H50N6O2/c1-26-24-27(30-36-26)10-6-3-4-8-13-34-20-22-35(23-21-34)15-12-29-25-28(31-37-29)11-7-5-9-14-33-18-16-32(2)17-19-33/h24-25H,3-23H2,1-2H3. The van der Waals surface area contributed by atoms with Crippen LogP contribution < -0.4 is 0 Å². The van der Waals surface area contributed by atoms with Gasteiger partial charge in [0.05, 0.1) is 11.4 Å². The third-order valence-electron chi connectivity index (χ3n) is 8.08. The normalized spacial score (nSPS) is 18.6. The average Bonchev–Trinajstić information content (AvgIpc) is 3.55. The predicted molar refractivity (Wildman–Crippen MR) is 148 cm³/mol. The van der Waals surface area contributed by atoms with Crippen LogP contribution in [0.15, 0.2) is 21.2 Å². The van der Waals surface area contributed by atoms with Gasteiger partial charge in [0.15, 0.2) is 0 Å². The Kier molecular flexibility index (Phi) is 11.9. The van der Waals surface area contributed by atoms with Gasteiger partial charge in [-0.3, -0.25) is 0 Å². The smallest absolute Gasteiger partial charge is 0.138 e. The Labute approximate surface area is 224 Å². The molecule has 0 atom stereocenters. The number of aromatic nitrogens is 2. The Morgan fingerprint density at radius 2 is 1.11 bits per heavy atom. The molecule has 2 aromatic heterocycles. The van der Waals surface area contributed by atoms with Crippen LogP contribution in [0.2, 0.25) is 0 Å². The Morgan fingerprint density at radius 1 is 0.595 bits per heavy atom. The molecular formula is C29H50N6O2. The Bertz CT molecular complexity index is 867. The summed E-state index contributed by atoms with van der Waals surface area (Å²) in [5, 5.41) is 8.42. The predicted octanol–water partition coefficient (Wildman–Crippen LogP) is 3.89. The van der Waals surface area contributed by atoms with E-state index in [2.05, 4.69) is 49.1 Å². The van der Waals surface area contributed by atoms with Crippen molar-refractivity contribution in [3.8, 4) is 0 Å². The highest BCUT2D eigenvalue weighted by Gasteiger charge is 2.17. The number of rotatable bonds is 16. The van der Waals surface area contributed by atoms with Crippen molar-refractivity contribution in [2.75, 3.05) is 79.0 Å². The molecule has 208 valence electrons. The molecule has 37 heavy (non-hydrogen) atoms. The number of hydrogen-bond acceptors (Lipinski definition) is 8. The van der Waals surface area contributed by atoms with Gasteiger partial charge in [-0.05, 0) is 65.6 Å². The summed E-state index contributed by atoms with van der Waals surface area (Å²) in [6.07, 6.45) is 11.9. The zero-order valence-electron chi connectivity index (χ0n) is 23.5. The average molecular weight is 515 g/mol. The molecular weight excluding hydrogens is 464 g/mol. The van der Waals surface area contributed by atoms with Crippen molar-refractivity contribution < 1.29 is 9.05 Å². The van der Waals surface area contributed by atoms with Crippen molar-refractivity contribution in [1.82, 2.24) is 29.9 Å². The molecule has 0 saturated carbocycles. The molecule has 0 spiro atoms. The number of piperazine rings is 2. The summed E-state index contributed by atoms with van der Waals surface area (Å²) in [4.78, 5) is 10.2. The van der Waals surface area contributed by atoms with Crippen LogP contribution in [0.4, 0.5) is 0 Å². The number of unbranched alkanes of at least 4 members (excludes halogenated alkanes) is 5. The number of nitrogens with zero attached hydrogens (tertiary/aromatic N) is 6. The summed E-state index contributed by atoms with van der Waals surface area (Å²) in [5.41, 5.74) is 2.23. The molecule has 8 nitrogen and oxygen atoms in total. The minimum Gasteiger partial charge on any atom is -0.361 e. The molecule has 4 rings (SSSR count). The van der Waals surface area contributed by atoms with Crippen LogP contribution in [-0.2, 0) is 19.3 Å². The summed E-state index contributed by atoms with van der Waals surface area (Å²) in [6, 6.07) is 4.25. The van der Waals surface area contributed by atoms with E-state index in [0.717, 1.165) is 48.7 Å². The second kappa shape index (κ2) is 15.6. The minimum absolute atomic E-state index is 0.915. The van der Waals surface area contributed by atoms with Gasteiger partial charge >= 0.3 is 0 Å². The van der Waals surface area contributed by atoms with E-state index in [4.69, 9.17) is 9.05 Å². The first-order chi connectivity index (χ1) is 18.1. The molecule has 2 aliphatic rings. The van der Waals surface area contributed by atoms with Crippen molar-refractivity contribution in [3.05, 3.63) is 35.0 Å². The lowest BCUT2D eigenvalue weighted by molar-refractivity contribution is 0.130. The Morgan fingerprint density at radius 3 is 1.73 bits per heavy atom. The zero-order valence-corrected chi connectivity index (χ0v) is 23.5. The van der Waals surface area contributed by atoms with Crippen molar-refractivity contribution in [2.24, 2.45) is 0 Å². The first kappa shape index (κ1) is 28.3. The third kappa shape index (κ3) is 10.5. The number of aryl methyl sites for hydroxylation is 3. The van der Waals surface area contributed by atoms with E-state index < -0.39 is 0 Å². The highest BCUT2D eigenvalue weighted by atomic mass is 16.5. The topological polar surface area (TPSA) is 65.0 Å². The van der Waals surface area contributed by atoms with Gasteiger partial charge in [-0.25, -0.2) is 0 Å². The van der Waals surface area contributed by atoms with Gasteiger partial charge < -0.3 is 28.6 Å². The van der Waals surface area contributed by atoms with E-state index in [1.807, 2.05) is 6.92 Å². The molecule has 0 unspecified atom stereocenters. The summed E-state index contributed by atoms with van der Waals surface area (Å²) < 4.78 is 10.8. The molecule has 8 heteroatoms. The molecule has 0 amide bonds. The summed E-state index contributed by atoms with van der Waals surface area (Å²) in [7, 11) is 2.22. The van der Waals surface area contributed by atoms with Crippen LogP contribution >= 0.6 is 0 Å². The highest BCUT2D eigenvalue weighted by Crippen LogP contribution is 2.13. The molecule has 0 radical (unpaired) electrons. The van der Waals surface area contributed by atoms with E-state index in [0.29, 0.717) is 0 Å². The molecule has 0 N–H and O–H groups in total. The van der Waals surface area contributed by atoms with E-state index >= 15 is 0 Å². The van der Waals surface area contributed by atoms with Gasteiger partial charge in [0.2, 0.25) is 0 Å². The van der Waals surface area contributed by atoms with Gasteiger partial charge in [-0.2, -0.15) is 0 Å². The molecule has 2 saturated heterocycles.